The summed E-state index contributed by atoms with van der Waals surface area (Å²) >= 11 is 10.3. The van der Waals surface area contributed by atoms with Crippen LogP contribution in [0.1, 0.15) is 0 Å². The van der Waals surface area contributed by atoms with E-state index in [-0.39, 0.29) is 14.4 Å². The molecular formula is C4H7Cl2O4P2. The Morgan fingerprint density at radius 3 is 2.00 bits per heavy atom. The Hall–Kier alpha value is 0.700. The molecule has 0 amide bonds. The highest BCUT2D eigenvalue weighted by Crippen LogP contribution is 2.48. The third-order valence-corrected chi connectivity index (χ3v) is 2.15. The first-order valence-electron chi connectivity index (χ1n) is 2.45. The molecule has 0 N–H and O–H groups in total. The zero-order valence-electron chi connectivity index (χ0n) is 6.36. The smallest absolute Gasteiger partial charge is 0.409 e. The second-order valence-corrected chi connectivity index (χ2v) is 4.17. The number of hydrogen-bond acceptors (Lipinski definition) is 4. The number of phosphoric acid groups is 1. The predicted octanol–water partition coefficient (Wildman–Crippen LogP) is 3.54. The van der Waals surface area contributed by atoms with Gasteiger partial charge in [-0.1, -0.05) is 23.2 Å². The molecule has 0 aromatic rings. The maximum atomic E-state index is 11.0. The summed E-state index contributed by atoms with van der Waals surface area (Å²) in [6.45, 7) is 0. The van der Waals surface area contributed by atoms with Gasteiger partial charge in [0.1, 0.15) is 10.8 Å². The molecule has 0 aromatic heterocycles. The Morgan fingerprint density at radius 2 is 1.75 bits per heavy atom. The summed E-state index contributed by atoms with van der Waals surface area (Å²) < 4.78 is 24.1. The van der Waals surface area contributed by atoms with E-state index in [0.717, 1.165) is 6.26 Å². The zero-order chi connectivity index (χ0) is 8.91. The van der Waals surface area contributed by atoms with Gasteiger partial charge in [-0.15, -0.1) is 0 Å². The molecular weight excluding hydrogens is 245 g/mol. The lowest BCUT2D eigenvalue weighted by Crippen LogP contribution is -1.88. The van der Waals surface area contributed by atoms with E-state index in [1.165, 1.54) is 14.2 Å². The maximum Gasteiger partial charge on any atom is 0.529 e. The molecule has 0 atom stereocenters. The predicted molar refractivity (Wildman–Crippen MR) is 49.4 cm³/mol. The summed E-state index contributed by atoms with van der Waals surface area (Å²) in [7, 11) is -1.12. The molecule has 0 heterocycles. The van der Waals surface area contributed by atoms with Gasteiger partial charge in [0.25, 0.3) is 0 Å². The van der Waals surface area contributed by atoms with Crippen molar-refractivity contribution >= 4 is 40.9 Å². The minimum absolute atomic E-state index is 0. The molecule has 0 saturated heterocycles. The molecule has 4 nitrogen and oxygen atoms in total. The van der Waals surface area contributed by atoms with E-state index in [1.54, 1.807) is 0 Å². The van der Waals surface area contributed by atoms with Gasteiger partial charge in [-0.05, 0) is 0 Å². The van der Waals surface area contributed by atoms with Crippen molar-refractivity contribution < 1.29 is 18.1 Å². The quantitative estimate of drug-likeness (QED) is 0.566. The standard InChI is InChI=1S/C4H7Cl2O4P.P/c1-8-11(7,9-2)10-3-4(5)6;/h3H,1-2H3;. The fourth-order valence-electron chi connectivity index (χ4n) is 0.265. The fourth-order valence-corrected chi connectivity index (χ4v) is 1.03. The molecule has 71 valence electrons. The van der Waals surface area contributed by atoms with Crippen LogP contribution in [0.25, 0.3) is 0 Å². The van der Waals surface area contributed by atoms with E-state index in [0.29, 0.717) is 0 Å². The second kappa shape index (κ2) is 7.14. The van der Waals surface area contributed by atoms with Crippen LogP contribution in [0, 0.1) is 0 Å². The minimum atomic E-state index is -3.48. The van der Waals surface area contributed by atoms with Crippen LogP contribution in [-0.2, 0) is 18.1 Å². The average molecular weight is 252 g/mol. The Bertz CT molecular complexity index is 183. The molecule has 0 saturated carbocycles. The summed E-state index contributed by atoms with van der Waals surface area (Å²) in [5, 5.41) is 0. The summed E-state index contributed by atoms with van der Waals surface area (Å²) in [5.41, 5.74) is 0. The van der Waals surface area contributed by atoms with Gasteiger partial charge in [0, 0.05) is 24.1 Å². The summed E-state index contributed by atoms with van der Waals surface area (Å²) in [4.78, 5) is 0. The molecule has 0 unspecified atom stereocenters. The van der Waals surface area contributed by atoms with Gasteiger partial charge in [0.05, 0.1) is 0 Å². The Labute approximate surface area is 84.4 Å². The number of rotatable bonds is 4. The number of halogens is 2. The lowest BCUT2D eigenvalue weighted by atomic mass is 11.2. The highest BCUT2D eigenvalue weighted by atomic mass is 35.5. The van der Waals surface area contributed by atoms with Crippen LogP contribution in [0.5, 0.6) is 0 Å². The van der Waals surface area contributed by atoms with Gasteiger partial charge >= 0.3 is 7.82 Å². The third kappa shape index (κ3) is 6.24. The monoisotopic (exact) mass is 251 g/mol. The molecule has 12 heavy (non-hydrogen) atoms. The van der Waals surface area contributed by atoms with E-state index in [2.05, 4.69) is 13.6 Å². The first kappa shape index (κ1) is 15.2. The average Bonchev–Trinajstić information content (AvgIpc) is 2.00. The second-order valence-electron chi connectivity index (χ2n) is 1.33. The van der Waals surface area contributed by atoms with Crippen molar-refractivity contribution in [2.24, 2.45) is 0 Å². The summed E-state index contributed by atoms with van der Waals surface area (Å²) in [5.74, 6) is 0. The van der Waals surface area contributed by atoms with Crippen LogP contribution in [0.4, 0.5) is 0 Å². The minimum Gasteiger partial charge on any atom is -0.409 e. The fraction of sp³-hybridized carbons (Fsp3) is 0.500. The molecule has 0 spiro atoms. The van der Waals surface area contributed by atoms with Crippen LogP contribution in [0.3, 0.4) is 0 Å². The molecule has 8 heteroatoms. The highest BCUT2D eigenvalue weighted by Gasteiger charge is 2.22. The lowest BCUT2D eigenvalue weighted by molar-refractivity contribution is 0.194. The molecule has 0 aliphatic rings. The Morgan fingerprint density at radius 1 is 1.33 bits per heavy atom. The maximum absolute atomic E-state index is 11.0. The molecule has 0 fully saturated rings. The summed E-state index contributed by atoms with van der Waals surface area (Å²) in [6, 6.07) is 0. The zero-order valence-corrected chi connectivity index (χ0v) is 9.66. The highest BCUT2D eigenvalue weighted by molar-refractivity contribution is 7.48. The Balaban J connectivity index is 0. The van der Waals surface area contributed by atoms with Crippen molar-refractivity contribution in [2.45, 2.75) is 0 Å². The van der Waals surface area contributed by atoms with Gasteiger partial charge in [-0.25, -0.2) is 4.57 Å². The van der Waals surface area contributed by atoms with E-state index in [4.69, 9.17) is 23.2 Å². The van der Waals surface area contributed by atoms with Crippen molar-refractivity contribution in [3.63, 3.8) is 0 Å². The van der Waals surface area contributed by atoms with Crippen molar-refractivity contribution in [2.75, 3.05) is 14.2 Å². The first-order chi connectivity index (χ1) is 5.04. The van der Waals surface area contributed by atoms with Crippen molar-refractivity contribution in [1.82, 2.24) is 0 Å². The first-order valence-corrected chi connectivity index (χ1v) is 4.67. The largest absolute Gasteiger partial charge is 0.529 e. The van der Waals surface area contributed by atoms with E-state index < -0.39 is 7.82 Å². The van der Waals surface area contributed by atoms with Crippen molar-refractivity contribution in [3.05, 3.63) is 10.8 Å². The molecule has 0 aliphatic carbocycles. The van der Waals surface area contributed by atoms with Crippen LogP contribution < -0.4 is 0 Å². The molecule has 0 bridgehead atoms. The number of phosphoric ester groups is 1. The topological polar surface area (TPSA) is 44.8 Å². The number of hydrogen-bond donors (Lipinski definition) is 0. The molecule has 3 radical (unpaired) electrons. The van der Waals surface area contributed by atoms with Crippen molar-refractivity contribution in [3.8, 4) is 0 Å². The van der Waals surface area contributed by atoms with Crippen LogP contribution in [0.2, 0.25) is 0 Å². The van der Waals surface area contributed by atoms with Gasteiger partial charge in [-0.3, -0.25) is 9.05 Å². The molecule has 0 aromatic carbocycles. The van der Waals surface area contributed by atoms with E-state index >= 15 is 0 Å². The van der Waals surface area contributed by atoms with Gasteiger partial charge in [0.2, 0.25) is 0 Å². The third-order valence-electron chi connectivity index (χ3n) is 0.718. The summed E-state index contributed by atoms with van der Waals surface area (Å²) in [6.07, 6.45) is 0.872. The lowest BCUT2D eigenvalue weighted by Gasteiger charge is -2.10. The normalized spacial score (nSPS) is 10.0. The van der Waals surface area contributed by atoms with Gasteiger partial charge in [-0.2, -0.15) is 0 Å². The Kier molecular flexibility index (Phi) is 9.03. The van der Waals surface area contributed by atoms with Gasteiger partial charge < -0.3 is 4.52 Å². The SMILES string of the molecule is COP(=O)(OC)OC=C(Cl)Cl.[P]. The van der Waals surface area contributed by atoms with Gasteiger partial charge in [0.15, 0.2) is 0 Å². The van der Waals surface area contributed by atoms with E-state index in [1.807, 2.05) is 0 Å². The van der Waals surface area contributed by atoms with Crippen LogP contribution >= 0.6 is 40.9 Å². The van der Waals surface area contributed by atoms with E-state index in [9.17, 15) is 4.57 Å². The van der Waals surface area contributed by atoms with Crippen LogP contribution in [-0.4, -0.2) is 14.2 Å². The molecule has 0 aliphatic heterocycles. The molecule has 0 rings (SSSR count). The van der Waals surface area contributed by atoms with Crippen LogP contribution in [0.15, 0.2) is 10.8 Å². The van der Waals surface area contributed by atoms with Crippen molar-refractivity contribution in [1.29, 1.82) is 0 Å².